The van der Waals surface area contributed by atoms with Gasteiger partial charge in [0.25, 0.3) is 0 Å². The fourth-order valence-corrected chi connectivity index (χ4v) is 9.68. The first-order valence-corrected chi connectivity index (χ1v) is 22.0. The monoisotopic (exact) mass is 942 g/mol. The number of anilines is 1. The van der Waals surface area contributed by atoms with Crippen LogP contribution in [0, 0.1) is 0 Å². The van der Waals surface area contributed by atoms with Crippen molar-refractivity contribution >= 4 is 49.4 Å². The molecule has 6 nitrogen and oxygen atoms in total. The number of hydrogen-bond acceptors (Lipinski definition) is 4. The van der Waals surface area contributed by atoms with Crippen LogP contribution in [0.2, 0.25) is 0 Å². The molecule has 6 rings (SSSR count). The molecule has 0 spiro atoms. The summed E-state index contributed by atoms with van der Waals surface area (Å²) in [6.07, 6.45) is -24.5. The van der Waals surface area contributed by atoms with Crippen molar-refractivity contribution in [2.75, 3.05) is 14.8 Å². The van der Waals surface area contributed by atoms with Crippen molar-refractivity contribution in [2.24, 2.45) is 0 Å². The predicted molar refractivity (Wildman–Crippen MR) is 193 cm³/mol. The maximum atomic E-state index is 15.1. The van der Waals surface area contributed by atoms with Gasteiger partial charge in [-0.2, -0.15) is 26.3 Å². The Labute approximate surface area is 328 Å². The number of halogens is 13. The summed E-state index contributed by atoms with van der Waals surface area (Å²) in [6, 6.07) is 7.73. The number of hydrogen-bond donors (Lipinski definition) is 0. The molecule has 4 aromatic carbocycles. The Morgan fingerprint density at radius 1 is 0.448 bits per heavy atom. The van der Waals surface area contributed by atoms with E-state index in [1.165, 1.54) is 0 Å². The molecule has 308 valence electrons. The first-order chi connectivity index (χ1) is 26.6. The van der Waals surface area contributed by atoms with Crippen LogP contribution in [0.4, 0.5) is 58.4 Å². The largest absolute Gasteiger partial charge is 0.411 e. The number of carbonyl (C=O) groups is 4. The molecule has 2 aliphatic heterocycles. The number of alkyl halides is 14. The van der Waals surface area contributed by atoms with Crippen LogP contribution in [0.25, 0.3) is 0 Å². The SMILES string of the molecule is CC(C)c1ccc(C(c2ccc(N3C(=O)c4ccc(C(c5ccc6c(c5)C(=O)N(I(C)C)C6=O)(C(F)(F)F)C(F)(F)F)cc4C3=O)cc2)(C(F)(F)F)C(F)(F)F)cc1. The van der Waals surface area contributed by atoms with Crippen molar-refractivity contribution in [1.82, 2.24) is 3.11 Å². The van der Waals surface area contributed by atoms with Gasteiger partial charge in [-0.05, 0) is 34.7 Å². The van der Waals surface area contributed by atoms with E-state index >= 15 is 26.3 Å². The van der Waals surface area contributed by atoms with Gasteiger partial charge >= 0.3 is 213 Å². The quantitative estimate of drug-likeness (QED) is 0.0608. The number of benzene rings is 4. The van der Waals surface area contributed by atoms with Crippen LogP contribution in [0.1, 0.15) is 89.0 Å². The third-order valence-corrected chi connectivity index (χ3v) is 13.0. The standard InChI is InChI=1S/C39H27F12IN2O4/c1-19(2)20-5-7-21(8-6-20)34(36(40,41)42,37(43,44)45)22-9-13-25(14-10-22)53-30(55)26-15-11-23(17-28(26)31(53)56)35(38(46,47)48,39(49,50)51)24-12-16-27-29(18-24)33(58)54(32(27)57)52(3)4/h5-19H,1-4H3. The maximum Gasteiger partial charge on any atom is 0.411 e. The fourth-order valence-electron chi connectivity index (χ4n) is 7.40. The number of nitrogens with zero attached hydrogens (tertiary/aromatic N) is 2. The van der Waals surface area contributed by atoms with Crippen LogP contribution in [0.15, 0.2) is 84.9 Å². The maximum absolute atomic E-state index is 15.1. The molecule has 0 bridgehead atoms. The Morgan fingerprint density at radius 2 is 0.776 bits per heavy atom. The molecule has 2 aliphatic rings. The number of amides is 4. The van der Waals surface area contributed by atoms with E-state index < -0.39 is 129 Å². The Balaban J connectivity index is 1.46. The first kappa shape index (κ1) is 42.7. The number of imide groups is 2. The molecular formula is C39H27F12IN2O4. The summed E-state index contributed by atoms with van der Waals surface area (Å²) >= 11 is -2.49. The van der Waals surface area contributed by atoms with Gasteiger partial charge in [0.2, 0.25) is 5.41 Å². The molecule has 0 N–H and O–H groups in total. The van der Waals surface area contributed by atoms with E-state index in [2.05, 4.69) is 0 Å². The van der Waals surface area contributed by atoms with Gasteiger partial charge in [-0.1, -0.05) is 50.2 Å². The minimum Gasteiger partial charge on any atom is -0.169 e. The number of rotatable bonds is 7. The van der Waals surface area contributed by atoms with Gasteiger partial charge < -0.3 is 0 Å². The number of fused-ring (bicyclic) bond motifs is 2. The van der Waals surface area contributed by atoms with Crippen LogP contribution in [-0.2, 0) is 10.8 Å². The second-order valence-corrected chi connectivity index (χ2v) is 18.9. The topological polar surface area (TPSA) is 74.8 Å². The molecule has 4 aromatic rings. The van der Waals surface area contributed by atoms with Crippen molar-refractivity contribution in [3.63, 3.8) is 0 Å². The van der Waals surface area contributed by atoms with E-state index in [9.17, 15) is 45.5 Å². The van der Waals surface area contributed by atoms with Gasteiger partial charge in [0.15, 0.2) is 0 Å². The zero-order chi connectivity index (χ0) is 43.3. The summed E-state index contributed by atoms with van der Waals surface area (Å²) in [7, 11) is 0. The van der Waals surface area contributed by atoms with Crippen molar-refractivity contribution in [3.05, 3.63) is 135 Å². The van der Waals surface area contributed by atoms with E-state index in [0.29, 0.717) is 66.2 Å². The predicted octanol–water partition coefficient (Wildman–Crippen LogP) is 10.7. The zero-order valence-electron chi connectivity index (χ0n) is 30.1. The summed E-state index contributed by atoms with van der Waals surface area (Å²) in [5, 5.41) is 0. The summed E-state index contributed by atoms with van der Waals surface area (Å²) in [4.78, 5) is 56.2. The second-order valence-electron chi connectivity index (χ2n) is 13.9. The van der Waals surface area contributed by atoms with Crippen LogP contribution < -0.4 is 4.90 Å². The normalized spacial score (nSPS) is 15.8. The molecule has 2 heterocycles. The van der Waals surface area contributed by atoms with E-state index in [1.807, 2.05) is 0 Å². The summed E-state index contributed by atoms with van der Waals surface area (Å²) in [5.41, 5.74) is -18.4. The van der Waals surface area contributed by atoms with E-state index in [0.717, 1.165) is 15.2 Å². The van der Waals surface area contributed by atoms with Crippen LogP contribution in [0.5, 0.6) is 0 Å². The average Bonchev–Trinajstić information content (AvgIpc) is 3.50. The molecule has 0 saturated carbocycles. The minimum absolute atomic E-state index is 0.165. The van der Waals surface area contributed by atoms with Crippen LogP contribution >= 0.6 is 20.1 Å². The minimum atomic E-state index is -6.24. The van der Waals surface area contributed by atoms with Gasteiger partial charge in [-0.15, -0.1) is 0 Å². The molecule has 4 amide bonds. The second kappa shape index (κ2) is 13.8. The van der Waals surface area contributed by atoms with Crippen molar-refractivity contribution in [1.29, 1.82) is 0 Å². The van der Waals surface area contributed by atoms with Crippen molar-refractivity contribution in [3.8, 4) is 0 Å². The Kier molecular flexibility index (Phi) is 10.2. The third-order valence-electron chi connectivity index (χ3n) is 10.2. The molecular weight excluding hydrogens is 915 g/mol. The molecule has 0 atom stereocenters. The molecule has 0 fully saturated rings. The average molecular weight is 943 g/mol. The molecule has 0 saturated heterocycles. The van der Waals surface area contributed by atoms with Gasteiger partial charge in [-0.25, -0.2) is 0 Å². The van der Waals surface area contributed by atoms with Gasteiger partial charge in [0.05, 0.1) is 0 Å². The van der Waals surface area contributed by atoms with Crippen molar-refractivity contribution in [2.45, 2.75) is 55.3 Å². The Bertz CT molecular complexity index is 2320. The zero-order valence-corrected chi connectivity index (χ0v) is 32.3. The molecule has 19 heteroatoms. The first-order valence-electron chi connectivity index (χ1n) is 16.7. The molecule has 0 unspecified atom stereocenters. The van der Waals surface area contributed by atoms with Gasteiger partial charge in [0, 0.05) is 0 Å². The molecule has 58 heavy (non-hydrogen) atoms. The van der Waals surface area contributed by atoms with Crippen molar-refractivity contribution < 1.29 is 71.9 Å². The number of carbonyl (C=O) groups excluding carboxylic acids is 4. The summed E-state index contributed by atoms with van der Waals surface area (Å²) in [6.45, 7) is 3.33. The molecule has 0 aromatic heterocycles. The van der Waals surface area contributed by atoms with Gasteiger partial charge in [-0.3, -0.25) is 0 Å². The fraction of sp³-hybridized carbons (Fsp3) is 0.282. The van der Waals surface area contributed by atoms with E-state index in [1.54, 1.807) is 23.7 Å². The van der Waals surface area contributed by atoms with Crippen LogP contribution in [0.3, 0.4) is 0 Å². The van der Waals surface area contributed by atoms with Crippen LogP contribution in [-0.4, -0.2) is 61.3 Å². The smallest absolute Gasteiger partial charge is 0.169 e. The van der Waals surface area contributed by atoms with Gasteiger partial charge in [0.1, 0.15) is 0 Å². The Morgan fingerprint density at radius 3 is 1.17 bits per heavy atom. The summed E-state index contributed by atoms with van der Waals surface area (Å²) < 4.78 is 180. The summed E-state index contributed by atoms with van der Waals surface area (Å²) in [5.74, 6) is -5.11. The van der Waals surface area contributed by atoms with E-state index in [4.69, 9.17) is 0 Å². The molecule has 0 radical (unpaired) electrons. The van der Waals surface area contributed by atoms with E-state index in [-0.39, 0.29) is 23.0 Å². The third kappa shape index (κ3) is 6.08. The Hall–Kier alpha value is -4.95. The molecule has 0 aliphatic carbocycles.